The zero-order chi connectivity index (χ0) is 15.6. The lowest BCUT2D eigenvalue weighted by atomic mass is 10.1. The number of hydrogen-bond donors (Lipinski definition) is 1. The molecule has 1 aromatic rings. The van der Waals surface area contributed by atoms with Gasteiger partial charge in [0.15, 0.2) is 0 Å². The van der Waals surface area contributed by atoms with E-state index in [2.05, 4.69) is 15.9 Å². The Hall–Kier alpha value is -0.920. The van der Waals surface area contributed by atoms with E-state index < -0.39 is 16.0 Å². The second-order valence-corrected chi connectivity index (χ2v) is 7.97. The Morgan fingerprint density at radius 3 is 2.29 bits per heavy atom. The van der Waals surface area contributed by atoms with Crippen LogP contribution in [0.25, 0.3) is 0 Å². The summed E-state index contributed by atoms with van der Waals surface area (Å²) in [5, 5.41) is 9.12. The molecule has 2 rings (SSSR count). The van der Waals surface area contributed by atoms with Crippen LogP contribution in [0.2, 0.25) is 0 Å². The Morgan fingerprint density at radius 2 is 1.76 bits per heavy atom. The number of sulfonamides is 1. The number of halogens is 1. The monoisotopic (exact) mass is 375 g/mol. The summed E-state index contributed by atoms with van der Waals surface area (Å²) in [5.74, 6) is -1.14. The number of rotatable bonds is 3. The molecule has 0 aromatic heterocycles. The van der Waals surface area contributed by atoms with Crippen molar-refractivity contribution in [2.75, 3.05) is 13.1 Å². The van der Waals surface area contributed by atoms with E-state index in [4.69, 9.17) is 5.11 Å². The van der Waals surface area contributed by atoms with E-state index in [9.17, 15) is 13.2 Å². The number of carboxylic acid groups (broad SMARTS) is 1. The molecule has 0 atom stereocenters. The normalized spacial score (nSPS) is 17.4. The Balaban J connectivity index is 2.50. The van der Waals surface area contributed by atoms with Crippen LogP contribution >= 0.6 is 15.9 Å². The fourth-order valence-electron chi connectivity index (χ4n) is 2.47. The second-order valence-electron chi connectivity index (χ2n) is 5.20. The fraction of sp³-hybridized carbons (Fsp3) is 0.500. The maximum absolute atomic E-state index is 12.8. The van der Waals surface area contributed by atoms with Gasteiger partial charge < -0.3 is 5.11 Å². The molecule has 0 radical (unpaired) electrons. The summed E-state index contributed by atoms with van der Waals surface area (Å²) in [6.07, 6.45) is 3.75. The minimum Gasteiger partial charge on any atom is -0.478 e. The van der Waals surface area contributed by atoms with Gasteiger partial charge in [0.1, 0.15) is 0 Å². The second kappa shape index (κ2) is 6.46. The minimum absolute atomic E-state index is 0.0270. The van der Waals surface area contributed by atoms with Crippen molar-refractivity contribution in [2.24, 2.45) is 0 Å². The molecular formula is C14H18BrNO4S. The molecule has 1 aliphatic heterocycles. The predicted octanol–water partition coefficient (Wildman–Crippen LogP) is 3.02. The molecule has 1 saturated heterocycles. The maximum atomic E-state index is 12.8. The van der Waals surface area contributed by atoms with Gasteiger partial charge in [0.2, 0.25) is 10.0 Å². The lowest BCUT2D eigenvalue weighted by Crippen LogP contribution is -2.32. The summed E-state index contributed by atoms with van der Waals surface area (Å²) in [7, 11) is -3.65. The average molecular weight is 376 g/mol. The molecule has 116 valence electrons. The summed E-state index contributed by atoms with van der Waals surface area (Å²) in [5.41, 5.74) is 0.519. The van der Waals surface area contributed by atoms with Gasteiger partial charge in [-0.2, -0.15) is 4.31 Å². The van der Waals surface area contributed by atoms with Crippen molar-refractivity contribution < 1.29 is 18.3 Å². The first-order valence-electron chi connectivity index (χ1n) is 6.87. The van der Waals surface area contributed by atoms with Gasteiger partial charge in [0.25, 0.3) is 0 Å². The first-order chi connectivity index (χ1) is 9.84. The van der Waals surface area contributed by atoms with Crippen molar-refractivity contribution in [1.29, 1.82) is 0 Å². The number of nitrogens with zero attached hydrogens (tertiary/aromatic N) is 1. The van der Waals surface area contributed by atoms with Crippen molar-refractivity contribution in [3.8, 4) is 0 Å². The van der Waals surface area contributed by atoms with Gasteiger partial charge in [-0.1, -0.05) is 28.8 Å². The molecule has 1 N–H and O–H groups in total. The Morgan fingerprint density at radius 1 is 1.19 bits per heavy atom. The smallest absolute Gasteiger partial charge is 0.335 e. The molecule has 7 heteroatoms. The Kier molecular flexibility index (Phi) is 5.06. The predicted molar refractivity (Wildman–Crippen MR) is 83.1 cm³/mol. The molecule has 0 amide bonds. The first-order valence-corrected chi connectivity index (χ1v) is 9.11. The molecule has 1 heterocycles. The Bertz CT molecular complexity index is 649. The third kappa shape index (κ3) is 3.46. The third-order valence-electron chi connectivity index (χ3n) is 3.73. The molecule has 21 heavy (non-hydrogen) atoms. The molecule has 5 nitrogen and oxygen atoms in total. The zero-order valence-corrected chi connectivity index (χ0v) is 14.2. The van der Waals surface area contributed by atoms with Gasteiger partial charge in [0, 0.05) is 17.6 Å². The molecular weight excluding hydrogens is 358 g/mol. The van der Waals surface area contributed by atoms with Crippen LogP contribution in [0.1, 0.15) is 41.6 Å². The molecule has 1 aromatic carbocycles. The van der Waals surface area contributed by atoms with E-state index in [0.717, 1.165) is 25.7 Å². The van der Waals surface area contributed by atoms with Crippen molar-refractivity contribution in [3.63, 3.8) is 0 Å². The van der Waals surface area contributed by atoms with E-state index in [0.29, 0.717) is 23.1 Å². The van der Waals surface area contributed by atoms with Crippen molar-refractivity contribution in [1.82, 2.24) is 4.31 Å². The number of carboxylic acids is 1. The third-order valence-corrected chi connectivity index (χ3v) is 6.57. The SMILES string of the molecule is Cc1c(Br)cc(C(=O)O)cc1S(=O)(=O)N1CCCCCC1. The highest BCUT2D eigenvalue weighted by molar-refractivity contribution is 9.10. The lowest BCUT2D eigenvalue weighted by Gasteiger charge is -2.21. The van der Waals surface area contributed by atoms with Crippen LogP contribution in [-0.4, -0.2) is 36.9 Å². The summed E-state index contributed by atoms with van der Waals surface area (Å²) in [6.45, 7) is 2.67. The number of carbonyl (C=O) groups is 1. The van der Waals surface area contributed by atoms with Crippen LogP contribution in [0.5, 0.6) is 0 Å². The minimum atomic E-state index is -3.65. The highest BCUT2D eigenvalue weighted by Crippen LogP contribution is 2.29. The molecule has 0 saturated carbocycles. The van der Waals surface area contributed by atoms with Crippen LogP contribution in [0.15, 0.2) is 21.5 Å². The van der Waals surface area contributed by atoms with E-state index in [1.807, 2.05) is 0 Å². The van der Waals surface area contributed by atoms with Gasteiger partial charge >= 0.3 is 5.97 Å². The summed E-state index contributed by atoms with van der Waals surface area (Å²) in [4.78, 5) is 11.2. The van der Waals surface area contributed by atoms with Crippen LogP contribution in [0.4, 0.5) is 0 Å². The number of benzene rings is 1. The van der Waals surface area contributed by atoms with Crippen LogP contribution in [0.3, 0.4) is 0 Å². The van der Waals surface area contributed by atoms with Gasteiger partial charge in [-0.3, -0.25) is 0 Å². The van der Waals surface area contributed by atoms with Crippen LogP contribution < -0.4 is 0 Å². The molecule has 0 unspecified atom stereocenters. The average Bonchev–Trinajstić information content (AvgIpc) is 2.70. The van der Waals surface area contributed by atoms with E-state index in [1.54, 1.807) is 6.92 Å². The maximum Gasteiger partial charge on any atom is 0.335 e. The standard InChI is InChI=1S/C14H18BrNO4S/c1-10-12(15)8-11(14(17)18)9-13(10)21(19,20)16-6-4-2-3-5-7-16/h8-9H,2-7H2,1H3,(H,17,18). The summed E-state index contributed by atoms with van der Waals surface area (Å²) in [6, 6.07) is 2.68. The molecule has 1 aliphatic rings. The highest BCUT2D eigenvalue weighted by Gasteiger charge is 2.28. The molecule has 1 fully saturated rings. The topological polar surface area (TPSA) is 74.7 Å². The number of aromatic carboxylic acids is 1. The van der Waals surface area contributed by atoms with Crippen molar-refractivity contribution in [2.45, 2.75) is 37.5 Å². The summed E-state index contributed by atoms with van der Waals surface area (Å²) >= 11 is 3.25. The largest absolute Gasteiger partial charge is 0.478 e. The molecule has 0 aliphatic carbocycles. The van der Waals surface area contributed by atoms with Gasteiger partial charge in [-0.15, -0.1) is 0 Å². The van der Waals surface area contributed by atoms with Gasteiger partial charge in [-0.05, 0) is 37.5 Å². The van der Waals surface area contributed by atoms with Crippen molar-refractivity contribution in [3.05, 3.63) is 27.7 Å². The summed E-state index contributed by atoms with van der Waals surface area (Å²) < 4.78 is 27.6. The Labute approximate surface area is 133 Å². The number of hydrogen-bond acceptors (Lipinski definition) is 3. The van der Waals surface area contributed by atoms with Crippen molar-refractivity contribution >= 4 is 31.9 Å². The highest BCUT2D eigenvalue weighted by atomic mass is 79.9. The lowest BCUT2D eigenvalue weighted by molar-refractivity contribution is 0.0696. The first kappa shape index (κ1) is 16.5. The quantitative estimate of drug-likeness (QED) is 0.880. The fourth-order valence-corrected chi connectivity index (χ4v) is 4.85. The zero-order valence-electron chi connectivity index (χ0n) is 11.8. The van der Waals surface area contributed by atoms with E-state index in [1.165, 1.54) is 16.4 Å². The van der Waals surface area contributed by atoms with E-state index >= 15 is 0 Å². The molecule has 0 spiro atoms. The van der Waals surface area contributed by atoms with E-state index in [-0.39, 0.29) is 10.5 Å². The van der Waals surface area contributed by atoms with Crippen LogP contribution in [-0.2, 0) is 10.0 Å². The van der Waals surface area contributed by atoms with Gasteiger partial charge in [0.05, 0.1) is 10.5 Å². The van der Waals surface area contributed by atoms with Gasteiger partial charge in [-0.25, -0.2) is 13.2 Å². The van der Waals surface area contributed by atoms with Crippen LogP contribution in [0, 0.1) is 6.92 Å². The molecule has 0 bridgehead atoms.